The number of carbonyl (C=O) groups is 4. The molecule has 2 rings (SSSR count). The number of amides is 2. The third-order valence-corrected chi connectivity index (χ3v) is 2.89. The average Bonchev–Trinajstić information content (AvgIpc) is 2.61. The summed E-state index contributed by atoms with van der Waals surface area (Å²) in [5, 5.41) is 34.3. The normalized spacial score (nSPS) is 9.42. The van der Waals surface area contributed by atoms with E-state index >= 15 is 0 Å². The van der Waals surface area contributed by atoms with Crippen LogP contribution in [0.15, 0.2) is 48.5 Å². The fraction of sp³-hybridized carbons (Fsp3) is 0. The molecule has 0 aliphatic rings. The molecule has 0 saturated carbocycles. The van der Waals surface area contributed by atoms with E-state index in [2.05, 4.69) is 0 Å². The first-order chi connectivity index (χ1) is 12.2. The fourth-order valence-electron chi connectivity index (χ4n) is 1.66. The molecule has 0 unspecified atom stereocenters. The molecule has 0 aromatic heterocycles. The van der Waals surface area contributed by atoms with E-state index in [9.17, 15) is 19.8 Å². The zero-order valence-corrected chi connectivity index (χ0v) is 13.1. The second kappa shape index (κ2) is 8.80. The van der Waals surface area contributed by atoms with Crippen molar-refractivity contribution in [2.45, 2.75) is 0 Å². The van der Waals surface area contributed by atoms with Crippen LogP contribution in [0.2, 0.25) is 0 Å². The van der Waals surface area contributed by atoms with Crippen LogP contribution < -0.4 is 5.84 Å². The molecule has 2 aromatic rings. The van der Waals surface area contributed by atoms with E-state index in [1.165, 1.54) is 48.5 Å². The van der Waals surface area contributed by atoms with E-state index in [0.29, 0.717) is 5.01 Å². The number of aliphatic carboxylic acids is 2. The number of nitrogens with zero attached hydrogens (tertiary/aromatic N) is 1. The van der Waals surface area contributed by atoms with Gasteiger partial charge in [-0.2, -0.15) is 0 Å². The van der Waals surface area contributed by atoms with Gasteiger partial charge in [-0.25, -0.2) is 20.4 Å². The Bertz CT molecular complexity index is 780. The maximum atomic E-state index is 12.0. The molecule has 2 aromatic carbocycles. The van der Waals surface area contributed by atoms with Crippen LogP contribution in [0.25, 0.3) is 0 Å². The van der Waals surface area contributed by atoms with Crippen LogP contribution in [0.5, 0.6) is 11.5 Å². The summed E-state index contributed by atoms with van der Waals surface area (Å²) in [5.74, 6) is -0.462. The van der Waals surface area contributed by atoms with Gasteiger partial charge in [0.1, 0.15) is 11.5 Å². The van der Waals surface area contributed by atoms with Crippen LogP contribution in [0.1, 0.15) is 20.7 Å². The predicted octanol–water partition coefficient (Wildman–Crippen LogP) is 0.410. The van der Waals surface area contributed by atoms with Crippen molar-refractivity contribution in [2.24, 2.45) is 5.84 Å². The Hall–Kier alpha value is -3.92. The predicted molar refractivity (Wildman–Crippen MR) is 86.2 cm³/mol. The van der Waals surface area contributed by atoms with Crippen LogP contribution in [-0.2, 0) is 9.59 Å². The molecule has 0 radical (unpaired) electrons. The van der Waals surface area contributed by atoms with Gasteiger partial charge in [0.2, 0.25) is 0 Å². The summed E-state index contributed by atoms with van der Waals surface area (Å²) < 4.78 is 0. The summed E-state index contributed by atoms with van der Waals surface area (Å²) in [6.45, 7) is 0. The SMILES string of the molecule is NN(C(=O)c1ccccc1O)C(=O)c1ccccc1O.O=C(O)C(=O)O. The van der Waals surface area contributed by atoms with Crippen LogP contribution >= 0.6 is 0 Å². The minimum absolute atomic E-state index is 0.0984. The highest BCUT2D eigenvalue weighted by atomic mass is 16.4. The number of nitrogens with two attached hydrogens (primary N) is 1. The monoisotopic (exact) mass is 362 g/mol. The number of aromatic hydroxyl groups is 2. The van der Waals surface area contributed by atoms with Crippen LogP contribution in [-0.4, -0.2) is 49.2 Å². The van der Waals surface area contributed by atoms with Crippen molar-refractivity contribution in [1.82, 2.24) is 5.01 Å². The van der Waals surface area contributed by atoms with Gasteiger partial charge in [-0.1, -0.05) is 24.3 Å². The third-order valence-electron chi connectivity index (χ3n) is 2.89. The minimum Gasteiger partial charge on any atom is -0.507 e. The summed E-state index contributed by atoms with van der Waals surface area (Å²) in [6.07, 6.45) is 0. The second-order valence-electron chi connectivity index (χ2n) is 4.62. The summed E-state index contributed by atoms with van der Waals surface area (Å²) >= 11 is 0. The first-order valence-electron chi connectivity index (χ1n) is 6.82. The third kappa shape index (κ3) is 5.04. The van der Waals surface area contributed by atoms with Gasteiger partial charge < -0.3 is 20.4 Å². The fourth-order valence-corrected chi connectivity index (χ4v) is 1.66. The maximum Gasteiger partial charge on any atom is 0.414 e. The lowest BCUT2D eigenvalue weighted by Crippen LogP contribution is -2.42. The molecule has 0 aliphatic heterocycles. The molecule has 10 nitrogen and oxygen atoms in total. The summed E-state index contributed by atoms with van der Waals surface area (Å²) in [4.78, 5) is 42.3. The van der Waals surface area contributed by atoms with Crippen molar-refractivity contribution in [3.63, 3.8) is 0 Å². The number of hydrazine groups is 1. The topological polar surface area (TPSA) is 178 Å². The number of benzene rings is 2. The first-order valence-corrected chi connectivity index (χ1v) is 6.82. The molecule has 0 aliphatic carbocycles. The van der Waals surface area contributed by atoms with Gasteiger partial charge in [0.25, 0.3) is 11.8 Å². The lowest BCUT2D eigenvalue weighted by molar-refractivity contribution is -0.159. The Balaban J connectivity index is 0.000000487. The average molecular weight is 362 g/mol. The van der Waals surface area contributed by atoms with E-state index in [-0.39, 0.29) is 22.6 Å². The number of hydrogen-bond donors (Lipinski definition) is 5. The van der Waals surface area contributed by atoms with Gasteiger partial charge >= 0.3 is 11.9 Å². The molecular formula is C16H14N2O8. The Morgan fingerprint density at radius 3 is 1.27 bits per heavy atom. The molecule has 10 heteroatoms. The van der Waals surface area contributed by atoms with Gasteiger partial charge in [-0.15, -0.1) is 0 Å². The molecule has 0 fully saturated rings. The number of phenols is 2. The number of para-hydroxylation sites is 2. The summed E-state index contributed by atoms with van der Waals surface area (Å²) in [5.41, 5.74) is -0.197. The summed E-state index contributed by atoms with van der Waals surface area (Å²) in [7, 11) is 0. The molecule has 0 spiro atoms. The standard InChI is InChI=1S/C14H12N2O4.C2H2O4/c15-16(13(19)9-5-1-3-7-11(9)17)14(20)10-6-2-4-8-12(10)18;3-1(4)2(5)6/h1-8,17-18H,15H2;(H,3,4)(H,5,6). The van der Waals surface area contributed by atoms with Crippen LogP contribution in [0, 0.1) is 0 Å². The zero-order valence-electron chi connectivity index (χ0n) is 13.1. The van der Waals surface area contributed by atoms with Gasteiger partial charge in [0, 0.05) is 0 Å². The minimum atomic E-state index is -1.82. The molecule has 6 N–H and O–H groups in total. The van der Waals surface area contributed by atoms with Gasteiger partial charge in [0.15, 0.2) is 0 Å². The number of hydrogen-bond acceptors (Lipinski definition) is 7. The zero-order chi connectivity index (χ0) is 19.9. The largest absolute Gasteiger partial charge is 0.507 e. The van der Waals surface area contributed by atoms with Crippen LogP contribution in [0.4, 0.5) is 0 Å². The van der Waals surface area contributed by atoms with Gasteiger partial charge in [0.05, 0.1) is 11.1 Å². The van der Waals surface area contributed by atoms with Crippen molar-refractivity contribution in [1.29, 1.82) is 0 Å². The molecule has 2 amide bonds. The first kappa shape index (κ1) is 20.1. The van der Waals surface area contributed by atoms with E-state index < -0.39 is 23.8 Å². The van der Waals surface area contributed by atoms with E-state index in [1.807, 2.05) is 0 Å². The number of carboxylic acids is 2. The van der Waals surface area contributed by atoms with E-state index in [4.69, 9.17) is 25.6 Å². The Labute approximate surface area is 146 Å². The van der Waals surface area contributed by atoms with Gasteiger partial charge in [-0.05, 0) is 24.3 Å². The lowest BCUT2D eigenvalue weighted by Gasteiger charge is -2.16. The second-order valence-corrected chi connectivity index (χ2v) is 4.62. The molecule has 0 heterocycles. The molecule has 136 valence electrons. The summed E-state index contributed by atoms with van der Waals surface area (Å²) in [6, 6.07) is 11.5. The Kier molecular flexibility index (Phi) is 6.81. The molecule has 0 atom stereocenters. The van der Waals surface area contributed by atoms with E-state index in [0.717, 1.165) is 0 Å². The molecule has 0 bridgehead atoms. The van der Waals surface area contributed by atoms with Crippen LogP contribution in [0.3, 0.4) is 0 Å². The number of rotatable bonds is 2. The molecule has 26 heavy (non-hydrogen) atoms. The lowest BCUT2D eigenvalue weighted by atomic mass is 10.1. The van der Waals surface area contributed by atoms with E-state index in [1.54, 1.807) is 0 Å². The molecule has 0 saturated heterocycles. The number of carboxylic acid groups (broad SMARTS) is 2. The van der Waals surface area contributed by atoms with Crippen molar-refractivity contribution in [2.75, 3.05) is 0 Å². The maximum absolute atomic E-state index is 12.0. The molecular weight excluding hydrogens is 348 g/mol. The number of phenolic OH excluding ortho intramolecular Hbond substituents is 2. The number of imide groups is 1. The van der Waals surface area contributed by atoms with Crippen molar-refractivity contribution in [3.05, 3.63) is 59.7 Å². The highest BCUT2D eigenvalue weighted by Crippen LogP contribution is 2.20. The van der Waals surface area contributed by atoms with Gasteiger partial charge in [-0.3, -0.25) is 9.59 Å². The highest BCUT2D eigenvalue weighted by Gasteiger charge is 2.24. The Morgan fingerprint density at radius 1 is 0.692 bits per heavy atom. The van der Waals surface area contributed by atoms with Crippen molar-refractivity contribution in [3.8, 4) is 11.5 Å². The highest BCUT2D eigenvalue weighted by molar-refractivity contribution is 6.27. The number of carbonyl (C=O) groups excluding carboxylic acids is 2. The van der Waals surface area contributed by atoms with Crippen molar-refractivity contribution < 1.29 is 39.6 Å². The smallest absolute Gasteiger partial charge is 0.414 e. The quantitative estimate of drug-likeness (QED) is 0.166. The van der Waals surface area contributed by atoms with Crippen molar-refractivity contribution >= 4 is 23.8 Å². The Morgan fingerprint density at radius 2 is 1.00 bits per heavy atom.